The number of hydrogen-bond acceptors (Lipinski definition) is 4. The fourth-order valence-electron chi connectivity index (χ4n) is 2.44. The molecule has 20 heavy (non-hydrogen) atoms. The minimum Gasteiger partial charge on any atom is -0.340 e. The normalized spacial score (nSPS) is 11.3. The van der Waals surface area contributed by atoms with Crippen molar-refractivity contribution in [3.8, 4) is 0 Å². The zero-order valence-electron chi connectivity index (χ0n) is 11.2. The second-order valence-electron chi connectivity index (χ2n) is 4.65. The highest BCUT2D eigenvalue weighted by Gasteiger charge is 2.13. The number of rotatable bonds is 5. The summed E-state index contributed by atoms with van der Waals surface area (Å²) >= 11 is 5.88. The lowest BCUT2D eigenvalue weighted by Gasteiger charge is -2.08. The van der Waals surface area contributed by atoms with Crippen LogP contribution < -0.4 is 0 Å². The van der Waals surface area contributed by atoms with Crippen LogP contribution >= 0.6 is 11.6 Å². The standard InChI is InChI=1S/C14H15ClN4O/c1-10-3-2-4-11-14(10)19(12(18-11)5-7-15)8-6-13-16-9-17-20-13/h2-4,9H,5-8H2,1H3. The van der Waals surface area contributed by atoms with Gasteiger partial charge in [0.25, 0.3) is 0 Å². The Labute approximate surface area is 121 Å². The van der Waals surface area contributed by atoms with E-state index in [1.54, 1.807) is 0 Å². The van der Waals surface area contributed by atoms with Crippen LogP contribution in [0.2, 0.25) is 0 Å². The van der Waals surface area contributed by atoms with E-state index in [-0.39, 0.29) is 0 Å². The number of alkyl halides is 1. The van der Waals surface area contributed by atoms with Gasteiger partial charge in [-0.25, -0.2) is 4.98 Å². The lowest BCUT2D eigenvalue weighted by molar-refractivity contribution is 0.371. The van der Waals surface area contributed by atoms with Crippen LogP contribution in [-0.4, -0.2) is 25.6 Å². The van der Waals surface area contributed by atoms with Crippen LogP contribution in [0.15, 0.2) is 29.0 Å². The molecule has 3 rings (SSSR count). The van der Waals surface area contributed by atoms with Crippen LogP contribution in [0.1, 0.15) is 17.3 Å². The minimum absolute atomic E-state index is 0.558. The molecule has 6 heteroatoms. The predicted molar refractivity (Wildman–Crippen MR) is 76.9 cm³/mol. The van der Waals surface area contributed by atoms with Gasteiger partial charge in [-0.2, -0.15) is 4.98 Å². The van der Waals surface area contributed by atoms with Crippen molar-refractivity contribution in [1.82, 2.24) is 19.7 Å². The summed E-state index contributed by atoms with van der Waals surface area (Å²) in [7, 11) is 0. The highest BCUT2D eigenvalue weighted by Crippen LogP contribution is 2.21. The van der Waals surface area contributed by atoms with Crippen molar-refractivity contribution in [2.24, 2.45) is 0 Å². The smallest absolute Gasteiger partial charge is 0.228 e. The average Bonchev–Trinajstić information content (AvgIpc) is 3.05. The van der Waals surface area contributed by atoms with Gasteiger partial charge in [0.1, 0.15) is 5.82 Å². The van der Waals surface area contributed by atoms with Gasteiger partial charge in [-0.1, -0.05) is 17.3 Å². The number of para-hydroxylation sites is 1. The molecule has 0 aliphatic rings. The third kappa shape index (κ3) is 2.41. The van der Waals surface area contributed by atoms with E-state index in [2.05, 4.69) is 32.7 Å². The summed E-state index contributed by atoms with van der Waals surface area (Å²) in [6, 6.07) is 6.15. The molecule has 0 atom stereocenters. The van der Waals surface area contributed by atoms with Crippen LogP contribution in [0, 0.1) is 6.92 Å². The minimum atomic E-state index is 0.558. The third-order valence-corrected chi connectivity index (χ3v) is 3.51. The van der Waals surface area contributed by atoms with Gasteiger partial charge in [-0.05, 0) is 18.6 Å². The molecule has 0 aliphatic carbocycles. The zero-order valence-corrected chi connectivity index (χ0v) is 12.0. The Morgan fingerprint density at radius 1 is 1.30 bits per heavy atom. The summed E-state index contributed by atoms with van der Waals surface area (Å²) in [5.74, 6) is 2.20. The number of halogens is 1. The molecule has 2 aromatic heterocycles. The number of benzene rings is 1. The Morgan fingerprint density at radius 2 is 2.20 bits per heavy atom. The van der Waals surface area contributed by atoms with Crippen LogP contribution in [0.3, 0.4) is 0 Å². The molecule has 0 N–H and O–H groups in total. The lowest BCUT2D eigenvalue weighted by atomic mass is 10.2. The van der Waals surface area contributed by atoms with Crippen molar-refractivity contribution in [2.45, 2.75) is 26.3 Å². The fourth-order valence-corrected chi connectivity index (χ4v) is 2.61. The summed E-state index contributed by atoms with van der Waals surface area (Å²) in [5, 5.41) is 3.63. The summed E-state index contributed by atoms with van der Waals surface area (Å²) in [6.45, 7) is 2.85. The number of fused-ring (bicyclic) bond motifs is 1. The number of aromatic nitrogens is 4. The van der Waals surface area contributed by atoms with E-state index in [0.29, 0.717) is 18.2 Å². The maximum atomic E-state index is 5.88. The monoisotopic (exact) mass is 290 g/mol. The molecule has 0 fully saturated rings. The maximum absolute atomic E-state index is 5.88. The Bertz CT molecular complexity index is 705. The maximum Gasteiger partial charge on any atom is 0.228 e. The molecule has 5 nitrogen and oxygen atoms in total. The summed E-state index contributed by atoms with van der Waals surface area (Å²) in [6.07, 6.45) is 2.86. The van der Waals surface area contributed by atoms with E-state index in [1.807, 2.05) is 12.1 Å². The number of aryl methyl sites for hydroxylation is 4. The highest BCUT2D eigenvalue weighted by molar-refractivity contribution is 6.17. The molecule has 0 aliphatic heterocycles. The first-order chi connectivity index (χ1) is 9.79. The second kappa shape index (κ2) is 5.63. The first kappa shape index (κ1) is 13.1. The third-order valence-electron chi connectivity index (χ3n) is 3.32. The van der Waals surface area contributed by atoms with Crippen LogP contribution in [0.25, 0.3) is 11.0 Å². The topological polar surface area (TPSA) is 56.7 Å². The molecule has 2 heterocycles. The van der Waals surface area contributed by atoms with Gasteiger partial charge in [0.05, 0.1) is 11.0 Å². The van der Waals surface area contributed by atoms with Crippen LogP contribution in [0.5, 0.6) is 0 Å². The van der Waals surface area contributed by atoms with E-state index in [9.17, 15) is 0 Å². The molecule has 0 saturated heterocycles. The molecule has 3 aromatic rings. The quantitative estimate of drug-likeness (QED) is 0.678. The first-order valence-electron chi connectivity index (χ1n) is 6.56. The SMILES string of the molecule is Cc1cccc2nc(CCCl)n(CCc3ncno3)c12. The molecule has 0 saturated carbocycles. The molecular weight excluding hydrogens is 276 g/mol. The van der Waals surface area contributed by atoms with E-state index >= 15 is 0 Å². The second-order valence-corrected chi connectivity index (χ2v) is 5.02. The number of imidazole rings is 1. The molecule has 0 bridgehead atoms. The summed E-state index contributed by atoms with van der Waals surface area (Å²) < 4.78 is 7.26. The Hall–Kier alpha value is -1.88. The summed E-state index contributed by atoms with van der Waals surface area (Å²) in [5.41, 5.74) is 3.38. The van der Waals surface area contributed by atoms with Gasteiger partial charge in [0.2, 0.25) is 5.89 Å². The van der Waals surface area contributed by atoms with E-state index < -0.39 is 0 Å². The molecule has 0 spiro atoms. The van der Waals surface area contributed by atoms with Crippen molar-refractivity contribution >= 4 is 22.6 Å². The Balaban J connectivity index is 1.99. The van der Waals surface area contributed by atoms with Crippen molar-refractivity contribution in [2.75, 3.05) is 5.88 Å². The molecule has 0 amide bonds. The zero-order chi connectivity index (χ0) is 13.9. The molecule has 1 aromatic carbocycles. The van der Waals surface area contributed by atoms with E-state index in [0.717, 1.165) is 29.8 Å². The average molecular weight is 291 g/mol. The molecule has 104 valence electrons. The molecule has 0 unspecified atom stereocenters. The highest BCUT2D eigenvalue weighted by atomic mass is 35.5. The molecule has 0 radical (unpaired) electrons. The van der Waals surface area contributed by atoms with E-state index in [4.69, 9.17) is 16.1 Å². The molecular formula is C14H15ClN4O. The van der Waals surface area contributed by atoms with Gasteiger partial charge >= 0.3 is 0 Å². The summed E-state index contributed by atoms with van der Waals surface area (Å²) in [4.78, 5) is 8.73. The van der Waals surface area contributed by atoms with Gasteiger partial charge in [-0.3, -0.25) is 0 Å². The van der Waals surface area contributed by atoms with Crippen molar-refractivity contribution in [3.05, 3.63) is 41.8 Å². The largest absolute Gasteiger partial charge is 0.340 e. The number of nitrogens with zero attached hydrogens (tertiary/aromatic N) is 4. The van der Waals surface area contributed by atoms with Crippen LogP contribution in [0.4, 0.5) is 0 Å². The van der Waals surface area contributed by atoms with E-state index in [1.165, 1.54) is 11.9 Å². The Kier molecular flexibility index (Phi) is 3.69. The lowest BCUT2D eigenvalue weighted by Crippen LogP contribution is -2.07. The van der Waals surface area contributed by atoms with Crippen LogP contribution in [-0.2, 0) is 19.4 Å². The van der Waals surface area contributed by atoms with Gasteiger partial charge in [0.15, 0.2) is 6.33 Å². The van der Waals surface area contributed by atoms with Crippen molar-refractivity contribution in [3.63, 3.8) is 0 Å². The fraction of sp³-hybridized carbons (Fsp3) is 0.357. The van der Waals surface area contributed by atoms with Crippen molar-refractivity contribution < 1.29 is 4.52 Å². The van der Waals surface area contributed by atoms with Gasteiger partial charge in [-0.15, -0.1) is 11.6 Å². The Morgan fingerprint density at radius 3 is 2.95 bits per heavy atom. The number of hydrogen-bond donors (Lipinski definition) is 0. The predicted octanol–water partition coefficient (Wildman–Crippen LogP) is 2.75. The van der Waals surface area contributed by atoms with Gasteiger partial charge < -0.3 is 9.09 Å². The van der Waals surface area contributed by atoms with Gasteiger partial charge in [0, 0.05) is 25.3 Å². The first-order valence-corrected chi connectivity index (χ1v) is 7.09. The van der Waals surface area contributed by atoms with Crippen molar-refractivity contribution in [1.29, 1.82) is 0 Å².